The van der Waals surface area contributed by atoms with Crippen molar-refractivity contribution >= 4 is 17.8 Å². The molecule has 1 aromatic carbocycles. The van der Waals surface area contributed by atoms with E-state index in [4.69, 9.17) is 0 Å². The number of carbonyl (C=O) groups excluding carboxylic acids is 2. The largest absolute Gasteiger partial charge is 0.333 e. The van der Waals surface area contributed by atoms with Crippen LogP contribution in [0.5, 0.6) is 0 Å². The Bertz CT molecular complexity index is 739. The minimum atomic E-state index is -0.401. The fraction of sp³-hybridized carbons (Fsp3) is 0.353. The Morgan fingerprint density at radius 1 is 1.17 bits per heavy atom. The zero-order valence-electron chi connectivity index (χ0n) is 13.0. The van der Waals surface area contributed by atoms with Crippen LogP contribution >= 0.6 is 0 Å². The van der Waals surface area contributed by atoms with Crippen LogP contribution in [0.25, 0.3) is 0 Å². The average Bonchev–Trinajstić information content (AvgIpc) is 3.10. The quantitative estimate of drug-likeness (QED) is 0.817. The summed E-state index contributed by atoms with van der Waals surface area (Å²) in [6.07, 6.45) is 3.11. The highest BCUT2D eigenvalue weighted by molar-refractivity contribution is 6.21. The Morgan fingerprint density at radius 2 is 1.96 bits per heavy atom. The number of rotatable bonds is 3. The molecular formula is C17H18N4O2. The molecule has 1 atom stereocenters. The molecule has 118 valence electrons. The first-order valence-corrected chi connectivity index (χ1v) is 7.94. The number of aromatic nitrogens is 2. The van der Waals surface area contributed by atoms with Crippen molar-refractivity contribution in [2.24, 2.45) is 0 Å². The molecule has 0 radical (unpaired) electrons. The second-order valence-electron chi connectivity index (χ2n) is 5.99. The van der Waals surface area contributed by atoms with Gasteiger partial charge in [-0.3, -0.25) is 4.79 Å². The third-order valence-electron chi connectivity index (χ3n) is 4.55. The molecule has 0 aliphatic carbocycles. The summed E-state index contributed by atoms with van der Waals surface area (Å²) in [4.78, 5) is 28.6. The molecule has 3 heterocycles. The van der Waals surface area contributed by atoms with Gasteiger partial charge in [0.15, 0.2) is 0 Å². The molecule has 2 aliphatic rings. The minimum Gasteiger partial charge on any atom is -0.307 e. The van der Waals surface area contributed by atoms with E-state index in [0.717, 1.165) is 17.5 Å². The highest BCUT2D eigenvalue weighted by Gasteiger charge is 2.48. The Balaban J connectivity index is 1.70. The number of imide groups is 1. The maximum Gasteiger partial charge on any atom is 0.333 e. The highest BCUT2D eigenvalue weighted by atomic mass is 16.2. The van der Waals surface area contributed by atoms with Crippen LogP contribution in [0.2, 0.25) is 0 Å². The average molecular weight is 310 g/mol. The molecule has 4 rings (SSSR count). The molecule has 0 saturated carbocycles. The van der Waals surface area contributed by atoms with Crippen molar-refractivity contribution < 1.29 is 9.59 Å². The monoisotopic (exact) mass is 310 g/mol. The third-order valence-corrected chi connectivity index (χ3v) is 4.55. The van der Waals surface area contributed by atoms with E-state index in [2.05, 4.69) is 5.10 Å². The number of urea groups is 1. The lowest BCUT2D eigenvalue weighted by Crippen LogP contribution is -2.39. The first-order valence-electron chi connectivity index (χ1n) is 7.94. The predicted octanol–water partition coefficient (Wildman–Crippen LogP) is 2.19. The molecule has 2 aliphatic heterocycles. The van der Waals surface area contributed by atoms with E-state index in [-0.39, 0.29) is 11.9 Å². The number of benzene rings is 1. The maximum atomic E-state index is 12.8. The van der Waals surface area contributed by atoms with E-state index < -0.39 is 6.04 Å². The van der Waals surface area contributed by atoms with Gasteiger partial charge in [0.2, 0.25) is 0 Å². The molecule has 0 N–H and O–H groups in total. The van der Waals surface area contributed by atoms with Crippen LogP contribution in [0.3, 0.4) is 0 Å². The van der Waals surface area contributed by atoms with Crippen molar-refractivity contribution in [3.63, 3.8) is 0 Å². The summed E-state index contributed by atoms with van der Waals surface area (Å²) in [5, 5.41) is 4.23. The number of aryl methyl sites for hydroxylation is 1. The van der Waals surface area contributed by atoms with Gasteiger partial charge in [0, 0.05) is 25.6 Å². The van der Waals surface area contributed by atoms with Gasteiger partial charge < -0.3 is 4.90 Å². The van der Waals surface area contributed by atoms with E-state index in [1.54, 1.807) is 21.8 Å². The van der Waals surface area contributed by atoms with Crippen LogP contribution in [-0.2, 0) is 24.3 Å². The fourth-order valence-corrected chi connectivity index (χ4v) is 3.43. The number of carbonyl (C=O) groups is 2. The van der Waals surface area contributed by atoms with Gasteiger partial charge in [-0.05, 0) is 17.5 Å². The Morgan fingerprint density at radius 3 is 2.74 bits per heavy atom. The minimum absolute atomic E-state index is 0.151. The molecule has 6 nitrogen and oxygen atoms in total. The number of anilines is 1. The molecule has 1 fully saturated rings. The topological polar surface area (TPSA) is 58.4 Å². The molecule has 0 spiro atoms. The lowest BCUT2D eigenvalue weighted by atomic mass is 9.95. The molecule has 0 bridgehead atoms. The van der Waals surface area contributed by atoms with Crippen LogP contribution in [0.4, 0.5) is 10.6 Å². The third kappa shape index (κ3) is 2.05. The van der Waals surface area contributed by atoms with E-state index >= 15 is 0 Å². The molecular weight excluding hydrogens is 292 g/mol. The number of fused-ring (bicyclic) bond motifs is 2. The SMILES string of the molecule is CCCn1nccc1N1C(=O)[C@@H]2Cc3ccccc3CN2C1=O. The first kappa shape index (κ1) is 14.0. The van der Waals surface area contributed by atoms with Crippen molar-refractivity contribution in [1.29, 1.82) is 0 Å². The summed E-state index contributed by atoms with van der Waals surface area (Å²) in [6, 6.07) is 9.09. The number of nitrogens with zero attached hydrogens (tertiary/aromatic N) is 4. The van der Waals surface area contributed by atoms with E-state index in [1.807, 2.05) is 31.2 Å². The van der Waals surface area contributed by atoms with Crippen LogP contribution in [-0.4, -0.2) is 32.7 Å². The fourth-order valence-electron chi connectivity index (χ4n) is 3.43. The highest BCUT2D eigenvalue weighted by Crippen LogP contribution is 2.32. The smallest absolute Gasteiger partial charge is 0.307 e. The second kappa shape index (κ2) is 5.22. The first-order chi connectivity index (χ1) is 11.2. The van der Waals surface area contributed by atoms with Crippen molar-refractivity contribution in [2.75, 3.05) is 4.90 Å². The molecule has 1 saturated heterocycles. The summed E-state index contributed by atoms with van der Waals surface area (Å²) in [5.74, 6) is 0.419. The van der Waals surface area contributed by atoms with Crippen molar-refractivity contribution in [2.45, 2.75) is 38.9 Å². The van der Waals surface area contributed by atoms with Gasteiger partial charge in [-0.2, -0.15) is 5.10 Å². The second-order valence-corrected chi connectivity index (χ2v) is 5.99. The van der Waals surface area contributed by atoms with Crippen molar-refractivity contribution in [1.82, 2.24) is 14.7 Å². The van der Waals surface area contributed by atoms with Gasteiger partial charge in [-0.15, -0.1) is 0 Å². The van der Waals surface area contributed by atoms with Gasteiger partial charge in [-0.25, -0.2) is 14.4 Å². The van der Waals surface area contributed by atoms with Crippen LogP contribution in [0, 0.1) is 0 Å². The van der Waals surface area contributed by atoms with Crippen LogP contribution in [0.1, 0.15) is 24.5 Å². The Hall–Kier alpha value is -2.63. The maximum absolute atomic E-state index is 12.8. The zero-order valence-corrected chi connectivity index (χ0v) is 13.0. The number of hydrogen-bond donors (Lipinski definition) is 0. The summed E-state index contributed by atoms with van der Waals surface area (Å²) < 4.78 is 1.72. The van der Waals surface area contributed by atoms with Crippen molar-refractivity contribution in [3.05, 3.63) is 47.7 Å². The van der Waals surface area contributed by atoms with Gasteiger partial charge in [0.25, 0.3) is 5.91 Å². The normalized spacial score (nSPS) is 20.0. The summed E-state index contributed by atoms with van der Waals surface area (Å²) in [6.45, 7) is 3.22. The zero-order chi connectivity index (χ0) is 16.0. The number of amides is 3. The van der Waals surface area contributed by atoms with E-state index in [0.29, 0.717) is 25.3 Å². The van der Waals surface area contributed by atoms with E-state index in [1.165, 1.54) is 4.90 Å². The van der Waals surface area contributed by atoms with Crippen molar-refractivity contribution in [3.8, 4) is 0 Å². The lowest BCUT2D eigenvalue weighted by Gasteiger charge is -2.28. The van der Waals surface area contributed by atoms with E-state index in [9.17, 15) is 9.59 Å². The van der Waals surface area contributed by atoms with Gasteiger partial charge in [0.05, 0.1) is 6.20 Å². The predicted molar refractivity (Wildman–Crippen MR) is 84.9 cm³/mol. The summed E-state index contributed by atoms with van der Waals surface area (Å²) >= 11 is 0. The van der Waals surface area contributed by atoms with Gasteiger partial charge in [-0.1, -0.05) is 31.2 Å². The van der Waals surface area contributed by atoms with Crippen LogP contribution < -0.4 is 4.90 Å². The molecule has 0 unspecified atom stereocenters. The lowest BCUT2D eigenvalue weighted by molar-refractivity contribution is -0.120. The summed E-state index contributed by atoms with van der Waals surface area (Å²) in [7, 11) is 0. The number of hydrogen-bond acceptors (Lipinski definition) is 3. The summed E-state index contributed by atoms with van der Waals surface area (Å²) in [5.41, 5.74) is 2.27. The van der Waals surface area contributed by atoms with Crippen LogP contribution in [0.15, 0.2) is 36.5 Å². The van der Waals surface area contributed by atoms with Gasteiger partial charge >= 0.3 is 6.03 Å². The molecule has 1 aromatic heterocycles. The van der Waals surface area contributed by atoms with Gasteiger partial charge in [0.1, 0.15) is 11.9 Å². The Labute approximate surface area is 134 Å². The molecule has 23 heavy (non-hydrogen) atoms. The molecule has 3 amide bonds. The molecule has 2 aromatic rings. The molecule has 6 heteroatoms. The standard InChI is InChI=1S/C17H18N4O2/c1-2-9-20-15(7-8-18-20)21-16(22)14-10-12-5-3-4-6-13(12)11-19(14)17(21)23/h3-8,14H,2,9-11H2,1H3/t14-/m0/s1. The Kier molecular flexibility index (Phi) is 3.18.